The SMILES string of the molecule is CN=C(NCc1ccon1)N1CCC(CN2CCCCC2)C1. The Bertz CT molecular complexity index is 467. The van der Waals surface area contributed by atoms with E-state index < -0.39 is 0 Å². The molecule has 2 saturated heterocycles. The number of rotatable bonds is 4. The predicted molar refractivity (Wildman–Crippen MR) is 86.7 cm³/mol. The highest BCUT2D eigenvalue weighted by Crippen LogP contribution is 2.19. The molecule has 6 nitrogen and oxygen atoms in total. The van der Waals surface area contributed by atoms with Gasteiger partial charge in [0.15, 0.2) is 5.96 Å². The van der Waals surface area contributed by atoms with Crippen LogP contribution in [0.15, 0.2) is 21.8 Å². The summed E-state index contributed by atoms with van der Waals surface area (Å²) in [5.74, 6) is 1.74. The first kappa shape index (κ1) is 15.3. The van der Waals surface area contributed by atoms with Crippen molar-refractivity contribution in [3.63, 3.8) is 0 Å². The van der Waals surface area contributed by atoms with Crippen LogP contribution < -0.4 is 5.32 Å². The molecule has 3 heterocycles. The molecule has 0 amide bonds. The van der Waals surface area contributed by atoms with Gasteiger partial charge in [-0.1, -0.05) is 11.6 Å². The minimum Gasteiger partial charge on any atom is -0.364 e. The third-order valence-corrected chi connectivity index (χ3v) is 4.68. The highest BCUT2D eigenvalue weighted by atomic mass is 16.5. The average Bonchev–Trinajstić information content (AvgIpc) is 3.21. The number of hydrogen-bond donors (Lipinski definition) is 1. The lowest BCUT2D eigenvalue weighted by Crippen LogP contribution is -2.41. The van der Waals surface area contributed by atoms with Crippen LogP contribution in [-0.2, 0) is 6.54 Å². The standard InChI is InChI=1S/C16H27N5O/c1-17-16(18-11-15-6-10-22-19-15)21-9-5-14(13-21)12-20-7-3-2-4-8-20/h6,10,14H,2-5,7-9,11-13H2,1H3,(H,17,18). The van der Waals surface area contributed by atoms with Crippen molar-refractivity contribution in [1.82, 2.24) is 20.3 Å². The largest absolute Gasteiger partial charge is 0.364 e. The first-order chi connectivity index (χ1) is 10.8. The summed E-state index contributed by atoms with van der Waals surface area (Å²) in [5, 5.41) is 7.30. The monoisotopic (exact) mass is 305 g/mol. The number of nitrogens with one attached hydrogen (secondary N) is 1. The summed E-state index contributed by atoms with van der Waals surface area (Å²) >= 11 is 0. The molecular weight excluding hydrogens is 278 g/mol. The van der Waals surface area contributed by atoms with Gasteiger partial charge in [-0.15, -0.1) is 0 Å². The molecule has 6 heteroatoms. The summed E-state index contributed by atoms with van der Waals surface area (Å²) in [5.41, 5.74) is 0.908. The molecule has 0 saturated carbocycles. The van der Waals surface area contributed by atoms with Gasteiger partial charge < -0.3 is 19.6 Å². The van der Waals surface area contributed by atoms with E-state index in [-0.39, 0.29) is 0 Å². The Morgan fingerprint density at radius 2 is 2.23 bits per heavy atom. The van der Waals surface area contributed by atoms with Gasteiger partial charge in [0.05, 0.1) is 6.54 Å². The summed E-state index contributed by atoms with van der Waals surface area (Å²) in [6, 6.07) is 1.88. The van der Waals surface area contributed by atoms with Crippen molar-refractivity contribution in [3.8, 4) is 0 Å². The van der Waals surface area contributed by atoms with Crippen LogP contribution in [0.25, 0.3) is 0 Å². The number of hydrogen-bond acceptors (Lipinski definition) is 4. The Hall–Kier alpha value is -1.56. The lowest BCUT2D eigenvalue weighted by molar-refractivity contribution is 0.198. The smallest absolute Gasteiger partial charge is 0.193 e. The Balaban J connectivity index is 1.45. The van der Waals surface area contributed by atoms with E-state index in [1.165, 1.54) is 45.3 Å². The molecule has 0 spiro atoms. The van der Waals surface area contributed by atoms with E-state index in [0.29, 0.717) is 6.54 Å². The zero-order valence-corrected chi connectivity index (χ0v) is 13.5. The maximum atomic E-state index is 4.86. The van der Waals surface area contributed by atoms with Crippen LogP contribution in [-0.4, -0.2) is 60.7 Å². The molecule has 1 unspecified atom stereocenters. The summed E-state index contributed by atoms with van der Waals surface area (Å²) < 4.78 is 4.86. The third kappa shape index (κ3) is 4.00. The number of guanidine groups is 1. The lowest BCUT2D eigenvalue weighted by Gasteiger charge is -2.29. The highest BCUT2D eigenvalue weighted by Gasteiger charge is 2.26. The van der Waals surface area contributed by atoms with Gasteiger partial charge in [0.25, 0.3) is 0 Å². The fourth-order valence-corrected chi connectivity index (χ4v) is 3.51. The van der Waals surface area contributed by atoms with Crippen molar-refractivity contribution in [2.24, 2.45) is 10.9 Å². The third-order valence-electron chi connectivity index (χ3n) is 4.68. The van der Waals surface area contributed by atoms with Crippen LogP contribution in [0.5, 0.6) is 0 Å². The normalized spacial score (nSPS) is 24.0. The van der Waals surface area contributed by atoms with Gasteiger partial charge in [-0.2, -0.15) is 0 Å². The number of nitrogens with zero attached hydrogens (tertiary/aromatic N) is 4. The van der Waals surface area contributed by atoms with Crippen molar-refractivity contribution in [2.45, 2.75) is 32.2 Å². The Morgan fingerprint density at radius 3 is 2.95 bits per heavy atom. The van der Waals surface area contributed by atoms with E-state index in [0.717, 1.165) is 30.7 Å². The fourth-order valence-electron chi connectivity index (χ4n) is 3.51. The van der Waals surface area contributed by atoms with E-state index in [2.05, 4.69) is 25.3 Å². The number of aliphatic imine (C=N–C) groups is 1. The Morgan fingerprint density at radius 1 is 1.36 bits per heavy atom. The summed E-state index contributed by atoms with van der Waals surface area (Å²) in [6.45, 7) is 6.69. The second-order valence-electron chi connectivity index (χ2n) is 6.35. The van der Waals surface area contributed by atoms with Crippen LogP contribution in [0.3, 0.4) is 0 Å². The molecule has 0 bridgehead atoms. The molecule has 1 aromatic rings. The zero-order chi connectivity index (χ0) is 15.2. The van der Waals surface area contributed by atoms with E-state index >= 15 is 0 Å². The molecule has 0 aromatic carbocycles. The van der Waals surface area contributed by atoms with Gasteiger partial charge in [-0.3, -0.25) is 4.99 Å². The van der Waals surface area contributed by atoms with Crippen molar-refractivity contribution >= 4 is 5.96 Å². The number of likely N-dealkylation sites (tertiary alicyclic amines) is 2. The van der Waals surface area contributed by atoms with Gasteiger partial charge in [-0.25, -0.2) is 0 Å². The predicted octanol–water partition coefficient (Wildman–Crippen LogP) is 1.56. The summed E-state index contributed by atoms with van der Waals surface area (Å²) in [7, 11) is 1.85. The molecule has 22 heavy (non-hydrogen) atoms. The molecule has 2 aliphatic heterocycles. The zero-order valence-electron chi connectivity index (χ0n) is 13.5. The van der Waals surface area contributed by atoms with Crippen molar-refractivity contribution < 1.29 is 4.52 Å². The minimum atomic E-state index is 0.663. The Kier molecular flexibility index (Phi) is 5.32. The number of aromatic nitrogens is 1. The molecule has 1 aromatic heterocycles. The van der Waals surface area contributed by atoms with E-state index in [1.807, 2.05) is 13.1 Å². The van der Waals surface area contributed by atoms with Crippen LogP contribution in [0, 0.1) is 5.92 Å². The van der Waals surface area contributed by atoms with Crippen molar-refractivity contribution in [1.29, 1.82) is 0 Å². The average molecular weight is 305 g/mol. The fraction of sp³-hybridized carbons (Fsp3) is 0.750. The molecule has 1 atom stereocenters. The highest BCUT2D eigenvalue weighted by molar-refractivity contribution is 5.80. The van der Waals surface area contributed by atoms with Gasteiger partial charge >= 0.3 is 0 Å². The van der Waals surface area contributed by atoms with Crippen molar-refractivity contribution in [3.05, 3.63) is 18.0 Å². The molecule has 1 N–H and O–H groups in total. The maximum absolute atomic E-state index is 4.86. The minimum absolute atomic E-state index is 0.663. The van der Waals surface area contributed by atoms with Crippen molar-refractivity contribution in [2.75, 3.05) is 39.8 Å². The second-order valence-corrected chi connectivity index (χ2v) is 6.35. The first-order valence-corrected chi connectivity index (χ1v) is 8.42. The topological polar surface area (TPSA) is 56.9 Å². The molecule has 2 fully saturated rings. The molecule has 3 rings (SSSR count). The van der Waals surface area contributed by atoms with E-state index in [1.54, 1.807) is 6.26 Å². The summed E-state index contributed by atoms with van der Waals surface area (Å²) in [6.07, 6.45) is 7.02. The number of piperidine rings is 1. The lowest BCUT2D eigenvalue weighted by atomic mass is 10.1. The van der Waals surface area contributed by atoms with Gasteiger partial charge in [0.1, 0.15) is 12.0 Å². The van der Waals surface area contributed by atoms with Gasteiger partial charge in [-0.05, 0) is 38.3 Å². The van der Waals surface area contributed by atoms with Gasteiger partial charge in [0.2, 0.25) is 0 Å². The summed E-state index contributed by atoms with van der Waals surface area (Å²) in [4.78, 5) is 9.42. The van der Waals surface area contributed by atoms with E-state index in [4.69, 9.17) is 4.52 Å². The second kappa shape index (κ2) is 7.63. The molecular formula is C16H27N5O. The van der Waals surface area contributed by atoms with Gasteiger partial charge in [0, 0.05) is 32.7 Å². The van der Waals surface area contributed by atoms with Crippen LogP contribution >= 0.6 is 0 Å². The quantitative estimate of drug-likeness (QED) is 0.676. The first-order valence-electron chi connectivity index (χ1n) is 8.42. The van der Waals surface area contributed by atoms with E-state index in [9.17, 15) is 0 Å². The molecule has 2 aliphatic rings. The molecule has 0 aliphatic carbocycles. The van der Waals surface area contributed by atoms with Crippen LogP contribution in [0.4, 0.5) is 0 Å². The molecule has 122 valence electrons. The van der Waals surface area contributed by atoms with Crippen LogP contribution in [0.2, 0.25) is 0 Å². The van der Waals surface area contributed by atoms with Crippen LogP contribution in [0.1, 0.15) is 31.4 Å². The maximum Gasteiger partial charge on any atom is 0.193 e. The Labute approximate surface area is 132 Å². The molecule has 0 radical (unpaired) electrons.